The largest absolute Gasteiger partial charge is 0.493 e. The average molecular weight is 366 g/mol. The van der Waals surface area contributed by atoms with Gasteiger partial charge in [-0.25, -0.2) is 4.68 Å². The maximum absolute atomic E-state index is 12.5. The molecule has 3 aromatic rings. The average Bonchev–Trinajstić information content (AvgIpc) is 3.16. The van der Waals surface area contributed by atoms with Crippen molar-refractivity contribution in [3.8, 4) is 11.5 Å². The number of aromatic nitrogens is 3. The molecule has 1 heterocycles. The molecule has 1 N–H and O–H groups in total. The molecule has 0 fully saturated rings. The van der Waals surface area contributed by atoms with Gasteiger partial charge in [0.15, 0.2) is 17.2 Å². The van der Waals surface area contributed by atoms with Gasteiger partial charge in [0.25, 0.3) is 5.91 Å². The Kier molecular flexibility index (Phi) is 5.71. The fourth-order valence-electron chi connectivity index (χ4n) is 2.73. The molecule has 0 aliphatic carbocycles. The Morgan fingerprint density at radius 1 is 1.11 bits per heavy atom. The summed E-state index contributed by atoms with van der Waals surface area (Å²) in [5.41, 5.74) is 2.27. The molecule has 140 valence electrons. The van der Waals surface area contributed by atoms with E-state index in [1.165, 1.54) is 0 Å². The Bertz CT molecular complexity index is 909. The Labute approximate surface area is 157 Å². The van der Waals surface area contributed by atoms with Gasteiger partial charge in [0, 0.05) is 0 Å². The van der Waals surface area contributed by atoms with Crippen LogP contribution in [0.4, 0.5) is 0 Å². The summed E-state index contributed by atoms with van der Waals surface area (Å²) in [7, 11) is 3.16. The van der Waals surface area contributed by atoms with Crippen molar-refractivity contribution in [1.29, 1.82) is 0 Å². The molecule has 0 aliphatic heterocycles. The van der Waals surface area contributed by atoms with Crippen molar-refractivity contribution in [2.24, 2.45) is 0 Å². The minimum Gasteiger partial charge on any atom is -0.493 e. The summed E-state index contributed by atoms with van der Waals surface area (Å²) in [4.78, 5) is 12.5. The van der Waals surface area contributed by atoms with Crippen molar-refractivity contribution in [3.63, 3.8) is 0 Å². The lowest BCUT2D eigenvalue weighted by atomic mass is 10.1. The number of hydrogen-bond donors (Lipinski definition) is 1. The number of hydrogen-bond acceptors (Lipinski definition) is 5. The van der Waals surface area contributed by atoms with Gasteiger partial charge in [-0.1, -0.05) is 41.6 Å². The molecule has 0 saturated heterocycles. The number of ether oxygens (including phenoxy) is 2. The van der Waals surface area contributed by atoms with Crippen molar-refractivity contribution in [2.75, 3.05) is 14.2 Å². The first-order chi connectivity index (χ1) is 13.1. The molecular formula is C20H22N4O3. The Hall–Kier alpha value is -3.35. The third-order valence-corrected chi connectivity index (χ3v) is 4.21. The molecule has 1 amide bonds. The Morgan fingerprint density at radius 3 is 2.56 bits per heavy atom. The number of nitrogens with one attached hydrogen (secondary N) is 1. The quantitative estimate of drug-likeness (QED) is 0.696. The van der Waals surface area contributed by atoms with Crippen molar-refractivity contribution < 1.29 is 14.3 Å². The maximum Gasteiger partial charge on any atom is 0.273 e. The van der Waals surface area contributed by atoms with E-state index in [-0.39, 0.29) is 17.6 Å². The van der Waals surface area contributed by atoms with E-state index in [2.05, 4.69) is 15.6 Å². The highest BCUT2D eigenvalue weighted by Crippen LogP contribution is 2.29. The first-order valence-electron chi connectivity index (χ1n) is 8.57. The Morgan fingerprint density at radius 2 is 1.85 bits per heavy atom. The highest BCUT2D eigenvalue weighted by atomic mass is 16.5. The summed E-state index contributed by atoms with van der Waals surface area (Å²) < 4.78 is 12.2. The van der Waals surface area contributed by atoms with E-state index < -0.39 is 0 Å². The normalized spacial score (nSPS) is 11.7. The molecule has 27 heavy (non-hydrogen) atoms. The van der Waals surface area contributed by atoms with Crippen LogP contribution in [-0.2, 0) is 6.54 Å². The predicted molar refractivity (Wildman–Crippen MR) is 101 cm³/mol. The number of methoxy groups -OCH3 is 2. The summed E-state index contributed by atoms with van der Waals surface area (Å²) in [5, 5.41) is 10.9. The van der Waals surface area contributed by atoms with E-state index in [0.717, 1.165) is 11.1 Å². The van der Waals surface area contributed by atoms with Gasteiger partial charge in [0.1, 0.15) is 0 Å². The number of amides is 1. The molecule has 1 unspecified atom stereocenters. The van der Waals surface area contributed by atoms with Gasteiger partial charge in [-0.3, -0.25) is 4.79 Å². The summed E-state index contributed by atoms with van der Waals surface area (Å²) in [5.74, 6) is 0.977. The second-order valence-electron chi connectivity index (χ2n) is 6.10. The van der Waals surface area contributed by atoms with E-state index in [1.807, 2.05) is 55.5 Å². The maximum atomic E-state index is 12.5. The molecule has 0 spiro atoms. The molecule has 2 aromatic carbocycles. The number of carbonyl (C=O) groups is 1. The fraction of sp³-hybridized carbons (Fsp3) is 0.250. The summed E-state index contributed by atoms with van der Waals surface area (Å²) in [6.07, 6.45) is 1.64. The summed E-state index contributed by atoms with van der Waals surface area (Å²) in [6, 6.07) is 15.2. The summed E-state index contributed by atoms with van der Waals surface area (Å²) in [6.45, 7) is 2.46. The number of benzene rings is 2. The van der Waals surface area contributed by atoms with Crippen LogP contribution in [0.5, 0.6) is 11.5 Å². The monoisotopic (exact) mass is 366 g/mol. The van der Waals surface area contributed by atoms with Crippen LogP contribution >= 0.6 is 0 Å². The van der Waals surface area contributed by atoms with Gasteiger partial charge >= 0.3 is 0 Å². The van der Waals surface area contributed by atoms with Gasteiger partial charge in [-0.05, 0) is 30.2 Å². The number of carbonyl (C=O) groups excluding carboxylic acids is 1. The van der Waals surface area contributed by atoms with Crippen LogP contribution < -0.4 is 14.8 Å². The third-order valence-electron chi connectivity index (χ3n) is 4.21. The van der Waals surface area contributed by atoms with Crippen LogP contribution in [0.2, 0.25) is 0 Å². The molecule has 7 heteroatoms. The molecule has 1 atom stereocenters. The molecule has 0 bridgehead atoms. The van der Waals surface area contributed by atoms with Gasteiger partial charge in [0.2, 0.25) is 0 Å². The fourth-order valence-corrected chi connectivity index (χ4v) is 2.73. The topological polar surface area (TPSA) is 78.3 Å². The predicted octanol–water partition coefficient (Wildman–Crippen LogP) is 2.83. The van der Waals surface area contributed by atoms with E-state index in [0.29, 0.717) is 18.0 Å². The molecule has 1 aromatic heterocycles. The second kappa shape index (κ2) is 8.35. The smallest absolute Gasteiger partial charge is 0.273 e. The van der Waals surface area contributed by atoms with Gasteiger partial charge in [0.05, 0.1) is 33.0 Å². The van der Waals surface area contributed by atoms with E-state index in [1.54, 1.807) is 25.1 Å². The highest BCUT2D eigenvalue weighted by Gasteiger charge is 2.16. The lowest BCUT2D eigenvalue weighted by molar-refractivity contribution is 0.0934. The van der Waals surface area contributed by atoms with Gasteiger partial charge < -0.3 is 14.8 Å². The SMILES string of the molecule is COc1ccc(C(C)NC(=O)c2cn(Cc3ccccc3)nn2)cc1OC. The van der Waals surface area contributed by atoms with Crippen molar-refractivity contribution >= 4 is 5.91 Å². The van der Waals surface area contributed by atoms with Crippen molar-refractivity contribution in [2.45, 2.75) is 19.5 Å². The molecule has 0 radical (unpaired) electrons. The summed E-state index contributed by atoms with van der Waals surface area (Å²) >= 11 is 0. The highest BCUT2D eigenvalue weighted by molar-refractivity contribution is 5.92. The zero-order chi connectivity index (χ0) is 19.2. The van der Waals surface area contributed by atoms with Crippen LogP contribution in [0.25, 0.3) is 0 Å². The Balaban J connectivity index is 1.66. The minimum atomic E-state index is -0.281. The lowest BCUT2D eigenvalue weighted by Crippen LogP contribution is -2.27. The molecule has 0 aliphatic rings. The van der Waals surface area contributed by atoms with Crippen molar-refractivity contribution in [1.82, 2.24) is 20.3 Å². The minimum absolute atomic E-state index is 0.225. The van der Waals surface area contributed by atoms with Crippen LogP contribution in [0.1, 0.15) is 34.6 Å². The van der Waals surface area contributed by atoms with Gasteiger partial charge in [-0.15, -0.1) is 5.10 Å². The first-order valence-corrected chi connectivity index (χ1v) is 8.57. The van der Waals surface area contributed by atoms with E-state index in [4.69, 9.17) is 9.47 Å². The van der Waals surface area contributed by atoms with Crippen LogP contribution in [0.3, 0.4) is 0 Å². The molecule has 0 saturated carbocycles. The molecular weight excluding hydrogens is 344 g/mol. The van der Waals surface area contributed by atoms with Gasteiger partial charge in [-0.2, -0.15) is 0 Å². The van der Waals surface area contributed by atoms with Crippen LogP contribution in [0, 0.1) is 0 Å². The number of nitrogens with zero attached hydrogens (tertiary/aromatic N) is 3. The third kappa shape index (κ3) is 4.44. The lowest BCUT2D eigenvalue weighted by Gasteiger charge is -2.15. The van der Waals surface area contributed by atoms with Crippen LogP contribution in [-0.4, -0.2) is 35.1 Å². The standard InChI is InChI=1S/C20H22N4O3/c1-14(16-9-10-18(26-2)19(11-16)27-3)21-20(25)17-13-24(23-22-17)12-15-7-5-4-6-8-15/h4-11,13-14H,12H2,1-3H3,(H,21,25). The van der Waals surface area contributed by atoms with E-state index >= 15 is 0 Å². The van der Waals surface area contributed by atoms with Crippen LogP contribution in [0.15, 0.2) is 54.7 Å². The zero-order valence-electron chi connectivity index (χ0n) is 15.5. The number of rotatable bonds is 7. The molecule has 3 rings (SSSR count). The molecule has 7 nitrogen and oxygen atoms in total. The second-order valence-corrected chi connectivity index (χ2v) is 6.10. The first kappa shape index (κ1) is 18.4. The van der Waals surface area contributed by atoms with E-state index in [9.17, 15) is 4.79 Å². The van der Waals surface area contributed by atoms with Crippen molar-refractivity contribution in [3.05, 3.63) is 71.5 Å². The zero-order valence-corrected chi connectivity index (χ0v) is 15.5.